The first kappa shape index (κ1) is 14.4. The van der Waals surface area contributed by atoms with Gasteiger partial charge in [-0.25, -0.2) is 4.39 Å². The van der Waals surface area contributed by atoms with E-state index in [2.05, 4.69) is 17.1 Å². The summed E-state index contributed by atoms with van der Waals surface area (Å²) in [6.45, 7) is 7.64. The second-order valence-corrected chi connectivity index (χ2v) is 5.09. The molecule has 1 aliphatic heterocycles. The number of likely N-dealkylation sites (N-methyl/N-ethyl adjacent to an activating group) is 2. The number of hydrogen-bond donors (Lipinski definition) is 1. The molecule has 0 spiro atoms. The Morgan fingerprint density at radius 1 is 1.53 bits per heavy atom. The molecule has 0 radical (unpaired) electrons. The normalized spacial score (nSPS) is 22.4. The molecule has 1 fully saturated rings. The summed E-state index contributed by atoms with van der Waals surface area (Å²) in [7, 11) is 1.86. The number of aryl methyl sites for hydroxylation is 1. The number of rotatable bonds is 4. The highest BCUT2D eigenvalue weighted by molar-refractivity contribution is 5.28. The van der Waals surface area contributed by atoms with E-state index in [0.29, 0.717) is 12.2 Å². The first-order valence-electron chi connectivity index (χ1n) is 6.93. The van der Waals surface area contributed by atoms with Gasteiger partial charge in [0.15, 0.2) is 0 Å². The molecule has 0 aliphatic carbocycles. The minimum absolute atomic E-state index is 0.00463. The smallest absolute Gasteiger partial charge is 0.128 e. The van der Waals surface area contributed by atoms with Gasteiger partial charge in [-0.2, -0.15) is 0 Å². The van der Waals surface area contributed by atoms with Gasteiger partial charge < -0.3 is 10.1 Å². The minimum Gasteiger partial charge on any atom is -0.374 e. The average molecular weight is 266 g/mol. The van der Waals surface area contributed by atoms with Crippen LogP contribution in [0.25, 0.3) is 0 Å². The van der Waals surface area contributed by atoms with E-state index in [1.54, 1.807) is 6.07 Å². The Labute approximate surface area is 114 Å². The van der Waals surface area contributed by atoms with Gasteiger partial charge in [0, 0.05) is 18.7 Å². The molecule has 2 unspecified atom stereocenters. The molecule has 0 bridgehead atoms. The first-order valence-corrected chi connectivity index (χ1v) is 6.93. The van der Waals surface area contributed by atoms with Gasteiger partial charge >= 0.3 is 0 Å². The van der Waals surface area contributed by atoms with Gasteiger partial charge in [0.05, 0.1) is 18.8 Å². The molecule has 3 nitrogen and oxygen atoms in total. The lowest BCUT2D eigenvalue weighted by atomic mass is 9.98. The van der Waals surface area contributed by atoms with Crippen molar-refractivity contribution >= 4 is 0 Å². The summed E-state index contributed by atoms with van der Waals surface area (Å²) in [4.78, 5) is 2.34. The molecule has 1 aromatic rings. The van der Waals surface area contributed by atoms with Gasteiger partial charge in [-0.3, -0.25) is 4.90 Å². The SMILES string of the molecule is CCN1CCOC(C(NC)c2cc(C)ccc2F)C1. The molecule has 2 rings (SSSR count). The third-order valence-corrected chi connectivity index (χ3v) is 3.79. The van der Waals surface area contributed by atoms with Crippen molar-refractivity contribution in [2.24, 2.45) is 0 Å². The van der Waals surface area contributed by atoms with Crippen molar-refractivity contribution < 1.29 is 9.13 Å². The van der Waals surface area contributed by atoms with E-state index in [9.17, 15) is 4.39 Å². The zero-order chi connectivity index (χ0) is 13.8. The van der Waals surface area contributed by atoms with Crippen LogP contribution in [0, 0.1) is 12.7 Å². The Bertz CT molecular complexity index is 425. The average Bonchev–Trinajstić information content (AvgIpc) is 2.44. The maximum absolute atomic E-state index is 14.0. The van der Waals surface area contributed by atoms with Crippen molar-refractivity contribution in [1.82, 2.24) is 10.2 Å². The maximum atomic E-state index is 14.0. The summed E-state index contributed by atoms with van der Waals surface area (Å²) in [5.74, 6) is -0.165. The number of morpholine rings is 1. The number of hydrogen-bond acceptors (Lipinski definition) is 3. The van der Waals surface area contributed by atoms with Crippen LogP contribution >= 0.6 is 0 Å². The van der Waals surface area contributed by atoms with E-state index in [4.69, 9.17) is 4.74 Å². The molecular formula is C15H23FN2O. The van der Waals surface area contributed by atoms with Gasteiger partial charge in [-0.15, -0.1) is 0 Å². The summed E-state index contributed by atoms with van der Waals surface area (Å²) in [5.41, 5.74) is 1.77. The van der Waals surface area contributed by atoms with Gasteiger partial charge in [-0.05, 0) is 26.6 Å². The molecule has 1 saturated heterocycles. The minimum atomic E-state index is -0.165. The van der Waals surface area contributed by atoms with E-state index in [-0.39, 0.29) is 18.0 Å². The predicted octanol–water partition coefficient (Wildman–Crippen LogP) is 2.12. The predicted molar refractivity (Wildman–Crippen MR) is 74.8 cm³/mol. The summed E-state index contributed by atoms with van der Waals surface area (Å²) in [5, 5.41) is 3.21. The highest BCUT2D eigenvalue weighted by Gasteiger charge is 2.29. The Morgan fingerprint density at radius 3 is 3.00 bits per heavy atom. The lowest BCUT2D eigenvalue weighted by molar-refractivity contribution is -0.0449. The molecule has 1 aliphatic rings. The van der Waals surface area contributed by atoms with Crippen molar-refractivity contribution in [1.29, 1.82) is 0 Å². The molecule has 2 atom stereocenters. The van der Waals surface area contributed by atoms with Crippen LogP contribution in [0.2, 0.25) is 0 Å². The third kappa shape index (κ3) is 3.32. The Hall–Kier alpha value is -0.970. The molecule has 1 heterocycles. The van der Waals surface area contributed by atoms with Crippen LogP contribution in [0.15, 0.2) is 18.2 Å². The van der Waals surface area contributed by atoms with Gasteiger partial charge in [0.2, 0.25) is 0 Å². The van der Waals surface area contributed by atoms with E-state index < -0.39 is 0 Å². The number of halogens is 1. The molecule has 0 saturated carbocycles. The third-order valence-electron chi connectivity index (χ3n) is 3.79. The highest BCUT2D eigenvalue weighted by Crippen LogP contribution is 2.25. The van der Waals surface area contributed by atoms with E-state index in [0.717, 1.165) is 25.2 Å². The summed E-state index contributed by atoms with van der Waals surface area (Å²) in [6.07, 6.45) is -0.00463. The zero-order valence-corrected chi connectivity index (χ0v) is 11.9. The molecule has 1 aromatic carbocycles. The van der Waals surface area contributed by atoms with Crippen molar-refractivity contribution in [2.45, 2.75) is 26.0 Å². The standard InChI is InChI=1S/C15H23FN2O/c1-4-18-7-8-19-14(10-18)15(17-3)12-9-11(2)5-6-13(12)16/h5-6,9,14-15,17H,4,7-8,10H2,1-3H3. The first-order chi connectivity index (χ1) is 9.15. The van der Waals surface area contributed by atoms with E-state index in [1.165, 1.54) is 6.07 Å². The summed E-state index contributed by atoms with van der Waals surface area (Å²) in [6, 6.07) is 5.14. The molecule has 0 aromatic heterocycles. The Kier molecular flexibility index (Phi) is 4.91. The van der Waals surface area contributed by atoms with Crippen molar-refractivity contribution in [3.05, 3.63) is 35.1 Å². The molecule has 1 N–H and O–H groups in total. The zero-order valence-electron chi connectivity index (χ0n) is 11.9. The van der Waals surface area contributed by atoms with Crippen LogP contribution in [0.4, 0.5) is 4.39 Å². The van der Waals surface area contributed by atoms with E-state index in [1.807, 2.05) is 20.0 Å². The molecule has 0 amide bonds. The summed E-state index contributed by atoms with van der Waals surface area (Å²) >= 11 is 0. The number of ether oxygens (including phenoxy) is 1. The number of nitrogens with zero attached hydrogens (tertiary/aromatic N) is 1. The van der Waals surface area contributed by atoms with Crippen LogP contribution < -0.4 is 5.32 Å². The van der Waals surface area contributed by atoms with Crippen LogP contribution in [0.5, 0.6) is 0 Å². The molecular weight excluding hydrogens is 243 g/mol. The number of nitrogens with one attached hydrogen (secondary N) is 1. The molecule has 106 valence electrons. The van der Waals surface area contributed by atoms with Crippen molar-refractivity contribution in [3.8, 4) is 0 Å². The topological polar surface area (TPSA) is 24.5 Å². The fourth-order valence-electron chi connectivity index (χ4n) is 2.66. The molecule has 4 heteroatoms. The second-order valence-electron chi connectivity index (χ2n) is 5.09. The fraction of sp³-hybridized carbons (Fsp3) is 0.600. The van der Waals surface area contributed by atoms with Crippen LogP contribution in [0.1, 0.15) is 24.1 Å². The quantitative estimate of drug-likeness (QED) is 0.903. The second kappa shape index (κ2) is 6.46. The van der Waals surface area contributed by atoms with Gasteiger partial charge in [-0.1, -0.05) is 24.6 Å². The monoisotopic (exact) mass is 266 g/mol. The fourth-order valence-corrected chi connectivity index (χ4v) is 2.66. The Balaban J connectivity index is 2.21. The maximum Gasteiger partial charge on any atom is 0.128 e. The lowest BCUT2D eigenvalue weighted by Gasteiger charge is -2.36. The largest absolute Gasteiger partial charge is 0.374 e. The van der Waals surface area contributed by atoms with Crippen LogP contribution in [-0.2, 0) is 4.74 Å². The highest BCUT2D eigenvalue weighted by atomic mass is 19.1. The Morgan fingerprint density at radius 2 is 2.32 bits per heavy atom. The van der Waals surface area contributed by atoms with Crippen LogP contribution in [-0.4, -0.2) is 44.3 Å². The van der Waals surface area contributed by atoms with Crippen LogP contribution in [0.3, 0.4) is 0 Å². The van der Waals surface area contributed by atoms with Crippen molar-refractivity contribution in [2.75, 3.05) is 33.3 Å². The van der Waals surface area contributed by atoms with Crippen molar-refractivity contribution in [3.63, 3.8) is 0 Å². The van der Waals surface area contributed by atoms with Gasteiger partial charge in [0.25, 0.3) is 0 Å². The van der Waals surface area contributed by atoms with E-state index >= 15 is 0 Å². The number of benzene rings is 1. The summed E-state index contributed by atoms with van der Waals surface area (Å²) < 4.78 is 19.9. The molecule has 19 heavy (non-hydrogen) atoms. The lowest BCUT2D eigenvalue weighted by Crippen LogP contribution is -2.47. The van der Waals surface area contributed by atoms with Gasteiger partial charge in [0.1, 0.15) is 5.82 Å².